The highest BCUT2D eigenvalue weighted by atomic mass is 19.1. The van der Waals surface area contributed by atoms with Crippen LogP contribution in [0.1, 0.15) is 0 Å². The van der Waals surface area contributed by atoms with Gasteiger partial charge in [-0.05, 0) is 29.4 Å². The number of nitrogens with one attached hydrogen (secondary N) is 1. The molecule has 7 heteroatoms. The van der Waals surface area contributed by atoms with E-state index in [1.54, 1.807) is 0 Å². The van der Waals surface area contributed by atoms with E-state index in [0.717, 1.165) is 0 Å². The van der Waals surface area contributed by atoms with Gasteiger partial charge in [0.15, 0.2) is 5.03 Å². The van der Waals surface area contributed by atoms with Crippen LogP contribution in [-0.2, 0) is 0 Å². The van der Waals surface area contributed by atoms with Gasteiger partial charge < -0.3 is 0 Å². The predicted molar refractivity (Wildman–Crippen MR) is 50.0 cm³/mol. The summed E-state index contributed by atoms with van der Waals surface area (Å²) in [6.07, 6.45) is 2.72. The molecule has 0 fully saturated rings. The molecule has 0 aliphatic carbocycles. The smallest absolute Gasteiger partial charge is 0.182 e. The number of nitrogens with zero attached hydrogens (tertiary/aromatic N) is 3. The second kappa shape index (κ2) is 3.54. The first-order chi connectivity index (χ1) is 7.16. The Morgan fingerprint density at radius 1 is 1.27 bits per heavy atom. The van der Waals surface area contributed by atoms with Gasteiger partial charge in [0.25, 0.3) is 0 Å². The van der Waals surface area contributed by atoms with Crippen LogP contribution < -0.4 is 10.5 Å². The van der Waals surface area contributed by atoms with Gasteiger partial charge in [-0.15, -0.1) is 0 Å². The highest BCUT2D eigenvalue weighted by Gasteiger charge is 2.20. The van der Waals surface area contributed by atoms with Crippen LogP contribution in [0.25, 0.3) is 0 Å². The molecule has 1 N–H and O–H groups in total. The molecule has 1 aromatic rings. The molecule has 0 spiro atoms. The maximum atomic E-state index is 12.6. The molecule has 15 heavy (non-hydrogen) atoms. The zero-order valence-electron chi connectivity index (χ0n) is 7.50. The standard InChI is InChI=1S/C8H7FN4O2/c9-7-1-3-8(4-2-7)11-5-6-12(10-11)13(14)15/h1-6,10H. The number of benzene rings is 1. The molecule has 0 saturated heterocycles. The van der Waals surface area contributed by atoms with Crippen LogP contribution in [0, 0.1) is 15.9 Å². The van der Waals surface area contributed by atoms with Crippen molar-refractivity contribution in [3.05, 3.63) is 52.6 Å². The molecular formula is C8H7FN4O2. The van der Waals surface area contributed by atoms with Gasteiger partial charge in [0, 0.05) is 6.20 Å². The fraction of sp³-hybridized carbons (Fsp3) is 0. The molecule has 2 rings (SSSR count). The van der Waals surface area contributed by atoms with Crippen molar-refractivity contribution >= 4 is 5.69 Å². The van der Waals surface area contributed by atoms with Gasteiger partial charge >= 0.3 is 0 Å². The van der Waals surface area contributed by atoms with Gasteiger partial charge in [0.05, 0.1) is 5.69 Å². The Bertz CT molecular complexity index is 406. The van der Waals surface area contributed by atoms with Crippen molar-refractivity contribution in [2.45, 2.75) is 0 Å². The average molecular weight is 210 g/mol. The number of hydrogen-bond acceptors (Lipinski definition) is 4. The molecular weight excluding hydrogens is 203 g/mol. The van der Waals surface area contributed by atoms with Crippen LogP contribution in [0.4, 0.5) is 10.1 Å². The summed E-state index contributed by atoms with van der Waals surface area (Å²) >= 11 is 0. The third-order valence-electron chi connectivity index (χ3n) is 1.85. The maximum absolute atomic E-state index is 12.6. The Morgan fingerprint density at radius 2 is 1.93 bits per heavy atom. The lowest BCUT2D eigenvalue weighted by Gasteiger charge is -2.16. The van der Waals surface area contributed by atoms with Crippen LogP contribution in [-0.4, -0.2) is 10.2 Å². The van der Waals surface area contributed by atoms with Gasteiger partial charge in [-0.1, -0.05) is 5.53 Å². The van der Waals surface area contributed by atoms with E-state index >= 15 is 0 Å². The number of halogens is 1. The minimum atomic E-state index is -0.611. The van der Waals surface area contributed by atoms with Gasteiger partial charge in [-0.2, -0.15) is 0 Å². The Morgan fingerprint density at radius 3 is 2.47 bits per heavy atom. The lowest BCUT2D eigenvalue weighted by Crippen LogP contribution is -2.42. The molecule has 0 atom stereocenters. The van der Waals surface area contributed by atoms with Gasteiger partial charge in [0.2, 0.25) is 0 Å². The van der Waals surface area contributed by atoms with Crippen LogP contribution in [0.5, 0.6) is 0 Å². The summed E-state index contributed by atoms with van der Waals surface area (Å²) < 4.78 is 12.6. The minimum Gasteiger partial charge on any atom is -0.260 e. The predicted octanol–water partition coefficient (Wildman–Crippen LogP) is 1.03. The molecule has 0 amide bonds. The largest absolute Gasteiger partial charge is 0.260 e. The maximum Gasteiger partial charge on any atom is 0.182 e. The number of hydrazine groups is 3. The second-order valence-electron chi connectivity index (χ2n) is 2.83. The van der Waals surface area contributed by atoms with Crippen LogP contribution >= 0.6 is 0 Å². The van der Waals surface area contributed by atoms with Crippen LogP contribution in [0.2, 0.25) is 0 Å². The van der Waals surface area contributed by atoms with Crippen LogP contribution in [0.15, 0.2) is 36.7 Å². The fourth-order valence-corrected chi connectivity index (χ4v) is 1.14. The molecule has 6 nitrogen and oxygen atoms in total. The molecule has 1 aliphatic heterocycles. The summed E-state index contributed by atoms with van der Waals surface area (Å²) in [6, 6.07) is 5.57. The highest BCUT2D eigenvalue weighted by Crippen LogP contribution is 2.16. The molecule has 1 aromatic carbocycles. The van der Waals surface area contributed by atoms with Gasteiger partial charge in [-0.3, -0.25) is 5.01 Å². The van der Waals surface area contributed by atoms with E-state index in [0.29, 0.717) is 10.8 Å². The van der Waals surface area contributed by atoms with Gasteiger partial charge in [-0.25, -0.2) is 14.5 Å². The van der Waals surface area contributed by atoms with E-state index in [1.165, 1.54) is 41.7 Å². The Kier molecular flexibility index (Phi) is 2.22. The van der Waals surface area contributed by atoms with Gasteiger partial charge in [0.1, 0.15) is 12.0 Å². The first kappa shape index (κ1) is 9.41. The Hall–Kier alpha value is -2.15. The van der Waals surface area contributed by atoms with E-state index in [-0.39, 0.29) is 5.82 Å². The second-order valence-corrected chi connectivity index (χ2v) is 2.83. The fourth-order valence-electron chi connectivity index (χ4n) is 1.14. The summed E-state index contributed by atoms with van der Waals surface area (Å²) in [7, 11) is 0. The van der Waals surface area contributed by atoms with Crippen molar-refractivity contribution in [2.24, 2.45) is 0 Å². The molecule has 1 aliphatic rings. The molecule has 1 heterocycles. The van der Waals surface area contributed by atoms with Crippen molar-refractivity contribution < 1.29 is 9.42 Å². The van der Waals surface area contributed by atoms with E-state index in [2.05, 4.69) is 5.53 Å². The normalized spacial score (nSPS) is 14.7. The third-order valence-corrected chi connectivity index (χ3v) is 1.85. The summed E-state index contributed by atoms with van der Waals surface area (Å²) in [5.74, 6) is -0.354. The summed E-state index contributed by atoms with van der Waals surface area (Å²) in [5.41, 5.74) is 3.07. The first-order valence-electron chi connectivity index (χ1n) is 4.10. The zero-order valence-corrected chi connectivity index (χ0v) is 7.50. The molecule has 78 valence electrons. The number of hydrogen-bond donors (Lipinski definition) is 1. The third kappa shape index (κ3) is 1.86. The van der Waals surface area contributed by atoms with E-state index in [1.807, 2.05) is 0 Å². The molecule has 0 saturated carbocycles. The van der Waals surface area contributed by atoms with Crippen molar-refractivity contribution in [2.75, 3.05) is 5.01 Å². The summed E-state index contributed by atoms with van der Waals surface area (Å²) in [5, 5.41) is 11.9. The molecule has 0 unspecified atom stereocenters. The average Bonchev–Trinajstić information content (AvgIpc) is 2.68. The topological polar surface area (TPSA) is 61.7 Å². The quantitative estimate of drug-likeness (QED) is 0.583. The summed E-state index contributed by atoms with van der Waals surface area (Å²) in [6.45, 7) is 0. The molecule has 0 bridgehead atoms. The lowest BCUT2D eigenvalue weighted by molar-refractivity contribution is -0.652. The molecule has 0 radical (unpaired) electrons. The number of anilines is 1. The van der Waals surface area contributed by atoms with Crippen molar-refractivity contribution in [3.63, 3.8) is 0 Å². The van der Waals surface area contributed by atoms with E-state index < -0.39 is 5.03 Å². The zero-order chi connectivity index (χ0) is 10.8. The van der Waals surface area contributed by atoms with Crippen molar-refractivity contribution in [1.29, 1.82) is 0 Å². The number of rotatable bonds is 2. The minimum absolute atomic E-state index is 0.354. The van der Waals surface area contributed by atoms with Crippen molar-refractivity contribution in [1.82, 2.24) is 10.7 Å². The molecule has 0 aromatic heterocycles. The monoisotopic (exact) mass is 210 g/mol. The van der Waals surface area contributed by atoms with E-state index in [9.17, 15) is 14.5 Å². The van der Waals surface area contributed by atoms with Crippen LogP contribution in [0.3, 0.4) is 0 Å². The Balaban J connectivity index is 2.12. The Labute approximate surface area is 84.3 Å². The summed E-state index contributed by atoms with van der Waals surface area (Å²) in [4.78, 5) is 10.4. The number of nitro groups is 1. The SMILES string of the molecule is O=[N+]([O-])N1C=CN(c2ccc(F)cc2)N1. The first-order valence-corrected chi connectivity index (χ1v) is 4.10. The highest BCUT2D eigenvalue weighted by molar-refractivity contribution is 5.48. The lowest BCUT2D eigenvalue weighted by atomic mass is 10.3. The van der Waals surface area contributed by atoms with Crippen molar-refractivity contribution in [3.8, 4) is 0 Å². The van der Waals surface area contributed by atoms with E-state index in [4.69, 9.17) is 0 Å².